The number of fused-ring (bicyclic) bond motifs is 1. The average Bonchev–Trinajstić information content (AvgIpc) is 2.52. The van der Waals surface area contributed by atoms with Gasteiger partial charge in [-0.2, -0.15) is 0 Å². The Morgan fingerprint density at radius 1 is 1.44 bits per heavy atom. The van der Waals surface area contributed by atoms with Crippen LogP contribution in [-0.4, -0.2) is 28.5 Å². The Bertz CT molecular complexity index is 441. The van der Waals surface area contributed by atoms with Gasteiger partial charge in [0.2, 0.25) is 10.9 Å². The molecule has 0 aliphatic carbocycles. The van der Waals surface area contributed by atoms with Gasteiger partial charge in [-0.15, -0.1) is 0 Å². The Balaban J connectivity index is 2.43. The van der Waals surface area contributed by atoms with Crippen LogP contribution in [0.1, 0.15) is 35.3 Å². The molecule has 0 atom stereocenters. The van der Waals surface area contributed by atoms with Crippen molar-refractivity contribution in [3.8, 4) is 0 Å². The fourth-order valence-corrected chi connectivity index (χ4v) is 2.80. The number of aryl methyl sites for hydroxylation is 1. The highest BCUT2D eigenvalue weighted by atomic mass is 32.1. The van der Waals surface area contributed by atoms with Crippen LogP contribution in [-0.2, 0) is 11.2 Å². The third-order valence-electron chi connectivity index (χ3n) is 2.53. The van der Waals surface area contributed by atoms with Crippen LogP contribution in [0.4, 0.5) is 5.00 Å². The topological polar surface area (TPSA) is 70.5 Å². The smallest absolute Gasteiger partial charge is 0.365 e. The number of hydrogen-bond donors (Lipinski definition) is 1. The molecule has 0 unspecified atom stereocenters. The second-order valence-corrected chi connectivity index (χ2v) is 4.68. The molecular weight excluding hydrogens is 228 g/mol. The molecule has 86 valence electrons. The summed E-state index contributed by atoms with van der Waals surface area (Å²) >= 11 is 1.09. The van der Waals surface area contributed by atoms with Gasteiger partial charge in [-0.05, 0) is 19.3 Å². The van der Waals surface area contributed by atoms with Crippen molar-refractivity contribution in [3.63, 3.8) is 0 Å². The van der Waals surface area contributed by atoms with E-state index in [1.54, 1.807) is 4.90 Å². The number of amides is 1. The van der Waals surface area contributed by atoms with Gasteiger partial charge in [-0.25, -0.2) is 9.78 Å². The third-order valence-corrected chi connectivity index (χ3v) is 3.64. The van der Waals surface area contributed by atoms with E-state index in [-0.39, 0.29) is 10.9 Å². The Hall–Kier alpha value is -1.43. The second-order valence-electron chi connectivity index (χ2n) is 3.70. The first-order chi connectivity index (χ1) is 7.59. The van der Waals surface area contributed by atoms with E-state index in [0.29, 0.717) is 11.5 Å². The number of carboxylic acids is 1. The largest absolute Gasteiger partial charge is 0.476 e. The van der Waals surface area contributed by atoms with Crippen molar-refractivity contribution in [3.05, 3.63) is 10.7 Å². The number of carbonyl (C=O) groups is 2. The molecule has 2 heterocycles. The summed E-state index contributed by atoms with van der Waals surface area (Å²) in [4.78, 5) is 28.0. The van der Waals surface area contributed by atoms with Crippen LogP contribution in [0.2, 0.25) is 0 Å². The highest BCUT2D eigenvalue weighted by Crippen LogP contribution is 2.32. The Labute approximate surface area is 96.7 Å². The predicted molar refractivity (Wildman–Crippen MR) is 60.0 cm³/mol. The van der Waals surface area contributed by atoms with Crippen LogP contribution in [0.3, 0.4) is 0 Å². The van der Waals surface area contributed by atoms with Gasteiger partial charge < -0.3 is 10.0 Å². The van der Waals surface area contributed by atoms with Crippen molar-refractivity contribution in [2.75, 3.05) is 11.4 Å². The number of nitrogens with zero attached hydrogens (tertiary/aromatic N) is 2. The fraction of sp³-hybridized carbons (Fsp3) is 0.500. The van der Waals surface area contributed by atoms with Gasteiger partial charge in [0.05, 0.1) is 5.69 Å². The fourth-order valence-electron chi connectivity index (χ4n) is 1.77. The molecule has 1 aliphatic rings. The summed E-state index contributed by atoms with van der Waals surface area (Å²) in [6.45, 7) is 2.15. The molecule has 1 N–H and O–H groups in total. The minimum absolute atomic E-state index is 0.0521. The first-order valence-corrected chi connectivity index (χ1v) is 5.92. The van der Waals surface area contributed by atoms with Crippen LogP contribution in [0.25, 0.3) is 0 Å². The summed E-state index contributed by atoms with van der Waals surface area (Å²) in [6, 6.07) is 0. The van der Waals surface area contributed by atoms with E-state index in [2.05, 4.69) is 4.98 Å². The molecule has 1 amide bonds. The van der Waals surface area contributed by atoms with Gasteiger partial charge in [-0.3, -0.25) is 4.79 Å². The summed E-state index contributed by atoms with van der Waals surface area (Å²) in [7, 11) is 0. The van der Waals surface area contributed by atoms with Crippen molar-refractivity contribution in [2.24, 2.45) is 0 Å². The molecule has 0 fully saturated rings. The molecule has 2 rings (SSSR count). The minimum Gasteiger partial charge on any atom is -0.476 e. The summed E-state index contributed by atoms with van der Waals surface area (Å²) in [6.07, 6.45) is 2.63. The van der Waals surface area contributed by atoms with Gasteiger partial charge in [0.25, 0.3) is 0 Å². The van der Waals surface area contributed by atoms with E-state index < -0.39 is 5.97 Å². The lowest BCUT2D eigenvalue weighted by atomic mass is 10.2. The van der Waals surface area contributed by atoms with E-state index in [1.165, 1.54) is 6.92 Å². The number of rotatable bonds is 1. The zero-order valence-corrected chi connectivity index (χ0v) is 9.71. The molecule has 1 aromatic heterocycles. The normalized spacial score (nSPS) is 15.4. The number of aromatic nitrogens is 1. The quantitative estimate of drug-likeness (QED) is 0.808. The number of thiazole rings is 1. The maximum Gasteiger partial charge on any atom is 0.365 e. The van der Waals surface area contributed by atoms with Crippen molar-refractivity contribution < 1.29 is 14.7 Å². The molecule has 0 bridgehead atoms. The maximum absolute atomic E-state index is 11.5. The molecule has 1 aromatic rings. The number of carboxylic acid groups (broad SMARTS) is 1. The standard InChI is InChI=1S/C10H12N2O3S/c1-6(13)12-5-3-2-4-7-9(12)16-8(11-7)10(14)15/h2-5H2,1H3,(H,14,15). The number of carbonyl (C=O) groups excluding carboxylic acids is 1. The molecule has 1 aliphatic heterocycles. The summed E-state index contributed by atoms with van der Waals surface area (Å²) in [5.74, 6) is -1.08. The van der Waals surface area contributed by atoms with Crippen LogP contribution in [0.15, 0.2) is 0 Å². The number of aromatic carboxylic acids is 1. The SMILES string of the molecule is CC(=O)N1CCCCc2nc(C(=O)O)sc21. The first-order valence-electron chi connectivity index (χ1n) is 5.10. The van der Waals surface area contributed by atoms with E-state index >= 15 is 0 Å². The van der Waals surface area contributed by atoms with E-state index in [0.717, 1.165) is 36.3 Å². The van der Waals surface area contributed by atoms with Gasteiger partial charge in [0.1, 0.15) is 5.00 Å². The van der Waals surface area contributed by atoms with Crippen LogP contribution < -0.4 is 4.90 Å². The van der Waals surface area contributed by atoms with Crippen molar-refractivity contribution >= 4 is 28.2 Å². The number of hydrogen-bond acceptors (Lipinski definition) is 4. The number of anilines is 1. The highest BCUT2D eigenvalue weighted by Gasteiger charge is 2.24. The Morgan fingerprint density at radius 2 is 2.19 bits per heavy atom. The van der Waals surface area contributed by atoms with Crippen molar-refractivity contribution in [1.29, 1.82) is 0 Å². The van der Waals surface area contributed by atoms with Gasteiger partial charge in [0.15, 0.2) is 0 Å². The molecule has 0 aromatic carbocycles. The lowest BCUT2D eigenvalue weighted by molar-refractivity contribution is -0.116. The van der Waals surface area contributed by atoms with Crippen LogP contribution in [0.5, 0.6) is 0 Å². The van der Waals surface area contributed by atoms with Gasteiger partial charge >= 0.3 is 5.97 Å². The Kier molecular flexibility index (Phi) is 2.91. The van der Waals surface area contributed by atoms with E-state index in [9.17, 15) is 9.59 Å². The van der Waals surface area contributed by atoms with Crippen molar-refractivity contribution in [1.82, 2.24) is 4.98 Å². The van der Waals surface area contributed by atoms with Crippen molar-refractivity contribution in [2.45, 2.75) is 26.2 Å². The molecule has 5 nitrogen and oxygen atoms in total. The lowest BCUT2D eigenvalue weighted by Gasteiger charge is -2.17. The highest BCUT2D eigenvalue weighted by molar-refractivity contribution is 7.17. The lowest BCUT2D eigenvalue weighted by Crippen LogP contribution is -2.28. The van der Waals surface area contributed by atoms with E-state index in [4.69, 9.17) is 5.11 Å². The molecule has 6 heteroatoms. The molecule has 0 spiro atoms. The zero-order valence-electron chi connectivity index (χ0n) is 8.89. The van der Waals surface area contributed by atoms with Gasteiger partial charge in [0, 0.05) is 13.5 Å². The first kappa shape index (κ1) is 11.1. The van der Waals surface area contributed by atoms with Gasteiger partial charge in [-0.1, -0.05) is 11.3 Å². The molecule has 0 radical (unpaired) electrons. The third kappa shape index (κ3) is 1.92. The summed E-state index contributed by atoms with van der Waals surface area (Å²) in [5, 5.41) is 9.65. The molecular formula is C10H12N2O3S. The zero-order chi connectivity index (χ0) is 11.7. The Morgan fingerprint density at radius 3 is 2.81 bits per heavy atom. The maximum atomic E-state index is 11.5. The average molecular weight is 240 g/mol. The molecule has 16 heavy (non-hydrogen) atoms. The summed E-state index contributed by atoms with van der Waals surface area (Å²) < 4.78 is 0. The van der Waals surface area contributed by atoms with Crippen LogP contribution in [0, 0.1) is 0 Å². The molecule has 0 saturated heterocycles. The second kappa shape index (κ2) is 4.21. The molecule has 0 saturated carbocycles. The van der Waals surface area contributed by atoms with Crippen LogP contribution >= 0.6 is 11.3 Å². The summed E-state index contributed by atoms with van der Waals surface area (Å²) in [5.41, 5.74) is 0.745. The monoisotopic (exact) mass is 240 g/mol. The predicted octanol–water partition coefficient (Wildman–Crippen LogP) is 1.53. The van der Waals surface area contributed by atoms with E-state index in [1.807, 2.05) is 0 Å². The minimum atomic E-state index is -1.03.